The van der Waals surface area contributed by atoms with E-state index in [0.29, 0.717) is 19.3 Å². The average Bonchev–Trinajstić information content (AvgIpc) is 3.03. The van der Waals surface area contributed by atoms with Gasteiger partial charge in [-0.3, -0.25) is 9.59 Å². The molecular weight excluding hydrogens is 363 g/mol. The molecule has 7 nitrogen and oxygen atoms in total. The first-order valence-corrected chi connectivity index (χ1v) is 9.90. The molecule has 9 heteroatoms. The van der Waals surface area contributed by atoms with Gasteiger partial charge in [0.2, 0.25) is 15.9 Å². The number of hydrogen-bond acceptors (Lipinski definition) is 4. The lowest BCUT2D eigenvalue weighted by Crippen LogP contribution is -2.40. The molecule has 0 saturated heterocycles. The summed E-state index contributed by atoms with van der Waals surface area (Å²) in [7, 11) is -2.34. The molecule has 1 aliphatic carbocycles. The number of hydrogen-bond donors (Lipinski definition) is 2. The van der Waals surface area contributed by atoms with Gasteiger partial charge in [-0.15, -0.1) is 0 Å². The topological polar surface area (TPSA) is 104 Å². The van der Waals surface area contributed by atoms with Gasteiger partial charge in [-0.2, -0.15) is 0 Å². The molecule has 1 aromatic rings. The summed E-state index contributed by atoms with van der Waals surface area (Å²) >= 11 is 0. The van der Waals surface area contributed by atoms with Gasteiger partial charge in [-0.05, 0) is 43.5 Å². The predicted octanol–water partition coefficient (Wildman–Crippen LogP) is 1.60. The highest BCUT2D eigenvalue weighted by Crippen LogP contribution is 2.26. The lowest BCUT2D eigenvalue weighted by Gasteiger charge is -2.19. The Morgan fingerprint density at radius 2 is 1.92 bits per heavy atom. The third-order valence-electron chi connectivity index (χ3n) is 4.58. The van der Waals surface area contributed by atoms with E-state index in [0.717, 1.165) is 22.9 Å². The van der Waals surface area contributed by atoms with Crippen LogP contribution in [-0.4, -0.2) is 49.3 Å². The van der Waals surface area contributed by atoms with Gasteiger partial charge >= 0.3 is 5.97 Å². The zero-order valence-electron chi connectivity index (χ0n) is 14.5. The lowest BCUT2D eigenvalue weighted by atomic mass is 10.0. The molecule has 1 aliphatic rings. The van der Waals surface area contributed by atoms with Crippen LogP contribution in [0.25, 0.3) is 0 Å². The van der Waals surface area contributed by atoms with E-state index in [2.05, 4.69) is 5.32 Å². The maximum Gasteiger partial charge on any atom is 0.308 e. The summed E-state index contributed by atoms with van der Waals surface area (Å²) in [6.07, 6.45) is 2.36. The molecule has 2 atom stereocenters. The van der Waals surface area contributed by atoms with E-state index >= 15 is 0 Å². The Bertz CT molecular complexity index is 751. The van der Waals surface area contributed by atoms with Gasteiger partial charge in [0.1, 0.15) is 5.82 Å². The van der Waals surface area contributed by atoms with Crippen molar-refractivity contribution in [3.05, 3.63) is 30.1 Å². The Morgan fingerprint density at radius 1 is 1.27 bits per heavy atom. The molecule has 0 unspecified atom stereocenters. The number of nitrogens with zero attached hydrogens (tertiary/aromatic N) is 1. The summed E-state index contributed by atoms with van der Waals surface area (Å²) in [4.78, 5) is 23.1. The molecule has 26 heavy (non-hydrogen) atoms. The zero-order chi connectivity index (χ0) is 19.3. The molecule has 0 heterocycles. The van der Waals surface area contributed by atoms with Crippen molar-refractivity contribution in [3.8, 4) is 0 Å². The van der Waals surface area contributed by atoms with Crippen molar-refractivity contribution in [1.82, 2.24) is 9.62 Å². The SMILES string of the molecule is CN(CCCC(=O)N[C@@H]1CCC[C@@H]1C(=O)O)S(=O)(=O)c1ccc(F)cc1. The first-order chi connectivity index (χ1) is 12.2. The predicted molar refractivity (Wildman–Crippen MR) is 92.4 cm³/mol. The van der Waals surface area contributed by atoms with Gasteiger partial charge in [0.15, 0.2) is 0 Å². The van der Waals surface area contributed by atoms with E-state index in [1.807, 2.05) is 0 Å². The van der Waals surface area contributed by atoms with Crippen LogP contribution < -0.4 is 5.32 Å². The molecule has 1 fully saturated rings. The number of amides is 1. The molecule has 1 amide bonds. The van der Waals surface area contributed by atoms with Crippen LogP contribution in [0, 0.1) is 11.7 Å². The van der Waals surface area contributed by atoms with Crippen LogP contribution in [0.1, 0.15) is 32.1 Å². The number of carboxylic acid groups (broad SMARTS) is 1. The summed E-state index contributed by atoms with van der Waals surface area (Å²) < 4.78 is 38.7. The van der Waals surface area contributed by atoms with Crippen LogP contribution in [0.5, 0.6) is 0 Å². The second-order valence-corrected chi connectivity index (χ2v) is 8.48. The molecule has 2 N–H and O–H groups in total. The van der Waals surface area contributed by atoms with E-state index in [1.54, 1.807) is 0 Å². The van der Waals surface area contributed by atoms with E-state index in [1.165, 1.54) is 19.2 Å². The monoisotopic (exact) mass is 386 g/mol. The van der Waals surface area contributed by atoms with Gasteiger partial charge < -0.3 is 10.4 Å². The van der Waals surface area contributed by atoms with Crippen molar-refractivity contribution in [2.75, 3.05) is 13.6 Å². The van der Waals surface area contributed by atoms with Crippen molar-refractivity contribution in [3.63, 3.8) is 0 Å². The van der Waals surface area contributed by atoms with Crippen molar-refractivity contribution < 1.29 is 27.5 Å². The highest BCUT2D eigenvalue weighted by atomic mass is 32.2. The molecule has 1 saturated carbocycles. The third kappa shape index (κ3) is 5.01. The maximum atomic E-state index is 12.9. The molecule has 144 valence electrons. The van der Waals surface area contributed by atoms with Crippen LogP contribution >= 0.6 is 0 Å². The van der Waals surface area contributed by atoms with Crippen molar-refractivity contribution in [1.29, 1.82) is 0 Å². The molecule has 0 spiro atoms. The fraction of sp³-hybridized carbons (Fsp3) is 0.529. The lowest BCUT2D eigenvalue weighted by molar-refractivity contribution is -0.142. The minimum Gasteiger partial charge on any atom is -0.481 e. The van der Waals surface area contributed by atoms with E-state index in [9.17, 15) is 22.4 Å². The van der Waals surface area contributed by atoms with E-state index < -0.39 is 27.7 Å². The minimum absolute atomic E-state index is 0.0129. The highest BCUT2D eigenvalue weighted by molar-refractivity contribution is 7.89. The highest BCUT2D eigenvalue weighted by Gasteiger charge is 2.33. The smallest absolute Gasteiger partial charge is 0.308 e. The first kappa shape index (κ1) is 20.3. The van der Waals surface area contributed by atoms with Gasteiger partial charge in [0.05, 0.1) is 10.8 Å². The molecular formula is C17H23FN2O5S. The van der Waals surface area contributed by atoms with Crippen molar-refractivity contribution in [2.45, 2.75) is 43.0 Å². The Balaban J connectivity index is 1.82. The minimum atomic E-state index is -3.74. The number of nitrogens with one attached hydrogen (secondary N) is 1. The second kappa shape index (κ2) is 8.59. The molecule has 2 rings (SSSR count). The Morgan fingerprint density at radius 3 is 2.54 bits per heavy atom. The zero-order valence-corrected chi connectivity index (χ0v) is 15.3. The van der Waals surface area contributed by atoms with Gasteiger partial charge in [0.25, 0.3) is 0 Å². The van der Waals surface area contributed by atoms with Crippen LogP contribution in [0.3, 0.4) is 0 Å². The summed E-state index contributed by atoms with van der Waals surface area (Å²) in [6, 6.07) is 4.18. The standard InChI is InChI=1S/C17H23FN2O5S/c1-20(26(24,25)13-9-7-12(18)8-10-13)11-3-6-16(21)19-15-5-2-4-14(15)17(22)23/h7-10,14-15H,2-6,11H2,1H3,(H,19,21)(H,22,23)/t14-,15+/m0/s1. The second-order valence-electron chi connectivity index (χ2n) is 6.43. The van der Waals surface area contributed by atoms with Gasteiger partial charge in [0, 0.05) is 26.1 Å². The van der Waals surface area contributed by atoms with Crippen molar-refractivity contribution >= 4 is 21.9 Å². The van der Waals surface area contributed by atoms with Gasteiger partial charge in [-0.25, -0.2) is 17.1 Å². The molecule has 1 aromatic carbocycles. The van der Waals surface area contributed by atoms with E-state index in [4.69, 9.17) is 5.11 Å². The fourth-order valence-corrected chi connectivity index (χ4v) is 4.29. The van der Waals surface area contributed by atoms with E-state index in [-0.39, 0.29) is 29.8 Å². The molecule has 0 radical (unpaired) electrons. The number of sulfonamides is 1. The van der Waals surface area contributed by atoms with Crippen LogP contribution in [-0.2, 0) is 19.6 Å². The van der Waals surface area contributed by atoms with Crippen molar-refractivity contribution in [2.24, 2.45) is 5.92 Å². The number of halogens is 1. The van der Waals surface area contributed by atoms with Gasteiger partial charge in [-0.1, -0.05) is 6.42 Å². The first-order valence-electron chi connectivity index (χ1n) is 8.46. The van der Waals surface area contributed by atoms with Crippen LogP contribution in [0.15, 0.2) is 29.2 Å². The summed E-state index contributed by atoms with van der Waals surface area (Å²) in [5.41, 5.74) is 0. The number of carbonyl (C=O) groups is 2. The number of carbonyl (C=O) groups excluding carboxylic acids is 1. The Labute approximate surface area is 152 Å². The maximum absolute atomic E-state index is 12.9. The number of carboxylic acids is 1. The summed E-state index contributed by atoms with van der Waals surface area (Å²) in [5, 5.41) is 11.8. The average molecular weight is 386 g/mol. The fourth-order valence-electron chi connectivity index (χ4n) is 3.08. The normalized spacial score (nSPS) is 20.3. The van der Waals surface area contributed by atoms with Crippen LogP contribution in [0.4, 0.5) is 4.39 Å². The summed E-state index contributed by atoms with van der Waals surface area (Å²) in [6.45, 7) is 0.125. The largest absolute Gasteiger partial charge is 0.481 e. The molecule has 0 bridgehead atoms. The third-order valence-corrected chi connectivity index (χ3v) is 6.45. The van der Waals surface area contributed by atoms with Crippen LogP contribution in [0.2, 0.25) is 0 Å². The quantitative estimate of drug-likeness (QED) is 0.706. The Kier molecular flexibility index (Phi) is 6.71. The number of benzene rings is 1. The Hall–Kier alpha value is -2.00. The summed E-state index contributed by atoms with van der Waals surface area (Å²) in [5.74, 6) is -2.26. The molecule has 0 aromatic heterocycles. The number of rotatable bonds is 8. The molecule has 0 aliphatic heterocycles. The number of aliphatic carboxylic acids is 1.